The van der Waals surface area contributed by atoms with Crippen molar-refractivity contribution >= 4 is 23.5 Å². The number of hydrogen-bond donors (Lipinski definition) is 2. The second-order valence-corrected chi connectivity index (χ2v) is 7.06. The summed E-state index contributed by atoms with van der Waals surface area (Å²) in [7, 11) is 3.01. The van der Waals surface area contributed by atoms with Gasteiger partial charge < -0.3 is 24.8 Å². The van der Waals surface area contributed by atoms with Crippen molar-refractivity contribution in [1.82, 2.24) is 5.32 Å². The molecule has 0 fully saturated rings. The van der Waals surface area contributed by atoms with Crippen molar-refractivity contribution in [3.63, 3.8) is 0 Å². The van der Waals surface area contributed by atoms with Crippen LogP contribution >= 0.6 is 0 Å². The second kappa shape index (κ2) is 11.0. The van der Waals surface area contributed by atoms with Gasteiger partial charge in [0.1, 0.15) is 0 Å². The third-order valence-electron chi connectivity index (χ3n) is 4.56. The van der Waals surface area contributed by atoms with Gasteiger partial charge in [-0.25, -0.2) is 0 Å². The van der Waals surface area contributed by atoms with Crippen LogP contribution in [0.3, 0.4) is 0 Å². The molecule has 0 aliphatic heterocycles. The predicted octanol–water partition coefficient (Wildman–Crippen LogP) is 3.15. The van der Waals surface area contributed by atoms with Gasteiger partial charge >= 0.3 is 5.97 Å². The molecule has 2 rings (SSSR count). The largest absolute Gasteiger partial charge is 0.493 e. The molecule has 2 N–H and O–H groups in total. The van der Waals surface area contributed by atoms with Crippen LogP contribution in [-0.2, 0) is 19.1 Å². The molecule has 0 aromatic heterocycles. The fourth-order valence-electron chi connectivity index (χ4n) is 2.92. The molecule has 0 spiro atoms. The second-order valence-electron chi connectivity index (χ2n) is 7.06. The number of carbonyl (C=O) groups excluding carboxylic acids is 3. The van der Waals surface area contributed by atoms with Gasteiger partial charge in [0.2, 0.25) is 5.91 Å². The Hall–Kier alpha value is -3.55. The first-order valence-electron chi connectivity index (χ1n) is 9.79. The monoisotopic (exact) mass is 428 g/mol. The highest BCUT2D eigenvalue weighted by molar-refractivity contribution is 5.95. The molecular formula is C23H28N2O6. The number of methoxy groups -OCH3 is 2. The molecule has 8 nitrogen and oxygen atoms in total. The zero-order valence-electron chi connectivity index (χ0n) is 18.4. The predicted molar refractivity (Wildman–Crippen MR) is 116 cm³/mol. The number of anilines is 1. The quantitative estimate of drug-likeness (QED) is 0.595. The van der Waals surface area contributed by atoms with Crippen molar-refractivity contribution in [2.45, 2.75) is 39.3 Å². The lowest BCUT2D eigenvalue weighted by Gasteiger charge is -2.20. The molecule has 8 heteroatoms. The van der Waals surface area contributed by atoms with E-state index >= 15 is 0 Å². The fourth-order valence-corrected chi connectivity index (χ4v) is 2.92. The van der Waals surface area contributed by atoms with Crippen LogP contribution in [0.2, 0.25) is 0 Å². The maximum absolute atomic E-state index is 12.4. The van der Waals surface area contributed by atoms with Gasteiger partial charge in [-0.1, -0.05) is 29.8 Å². The molecule has 0 bridgehead atoms. The summed E-state index contributed by atoms with van der Waals surface area (Å²) in [5, 5.41) is 5.42. The molecule has 0 heterocycles. The van der Waals surface area contributed by atoms with Crippen molar-refractivity contribution in [2.75, 3.05) is 19.5 Å². The zero-order chi connectivity index (χ0) is 23.0. The summed E-state index contributed by atoms with van der Waals surface area (Å²) in [6.07, 6.45) is -1.13. The fraction of sp³-hybridized carbons (Fsp3) is 0.348. The highest BCUT2D eigenvalue weighted by Gasteiger charge is 2.23. The third-order valence-corrected chi connectivity index (χ3v) is 4.56. The number of benzene rings is 2. The Labute approximate surface area is 181 Å². The minimum atomic E-state index is -1.03. The van der Waals surface area contributed by atoms with E-state index in [1.807, 2.05) is 31.2 Å². The summed E-state index contributed by atoms with van der Waals surface area (Å²) in [5.74, 6) is -0.375. The Balaban J connectivity index is 2.00. The van der Waals surface area contributed by atoms with Crippen LogP contribution in [0.5, 0.6) is 11.5 Å². The summed E-state index contributed by atoms with van der Waals surface area (Å²) in [4.78, 5) is 36.4. The standard InChI is InChI=1S/C23H28N2O6/c1-14-6-8-17(9-7-14)19(24-16(3)26)13-22(27)31-15(2)23(28)25-18-10-11-20(29-4)21(12-18)30-5/h6-12,15,19H,13H2,1-5H3,(H,24,26)(H,25,28). The number of ether oxygens (including phenoxy) is 3. The van der Waals surface area contributed by atoms with Crippen LogP contribution in [0.15, 0.2) is 42.5 Å². The normalized spacial score (nSPS) is 12.3. The summed E-state index contributed by atoms with van der Waals surface area (Å²) >= 11 is 0. The number of rotatable bonds is 9. The number of esters is 1. The van der Waals surface area contributed by atoms with Crippen LogP contribution in [0, 0.1) is 6.92 Å². The van der Waals surface area contributed by atoms with Gasteiger partial charge in [0.25, 0.3) is 5.91 Å². The molecule has 0 aliphatic rings. The Morgan fingerprint density at radius 1 is 0.968 bits per heavy atom. The minimum absolute atomic E-state index is 0.101. The highest BCUT2D eigenvalue weighted by atomic mass is 16.5. The number of nitrogens with one attached hydrogen (secondary N) is 2. The van der Waals surface area contributed by atoms with E-state index in [0.717, 1.165) is 11.1 Å². The topological polar surface area (TPSA) is 103 Å². The molecule has 166 valence electrons. The minimum Gasteiger partial charge on any atom is -0.493 e. The van der Waals surface area contributed by atoms with Crippen LogP contribution in [-0.4, -0.2) is 38.1 Å². The first kappa shape index (κ1) is 23.7. The van der Waals surface area contributed by atoms with E-state index in [-0.39, 0.29) is 12.3 Å². The first-order chi connectivity index (χ1) is 14.7. The molecular weight excluding hydrogens is 400 g/mol. The van der Waals surface area contributed by atoms with Gasteiger partial charge in [0, 0.05) is 18.7 Å². The van der Waals surface area contributed by atoms with Gasteiger partial charge in [-0.05, 0) is 31.5 Å². The van der Waals surface area contributed by atoms with Crippen LogP contribution < -0.4 is 20.1 Å². The molecule has 2 unspecified atom stereocenters. The molecule has 2 amide bonds. The zero-order valence-corrected chi connectivity index (χ0v) is 18.4. The van der Waals surface area contributed by atoms with Gasteiger partial charge in [-0.3, -0.25) is 14.4 Å². The number of hydrogen-bond acceptors (Lipinski definition) is 6. The lowest BCUT2D eigenvalue weighted by molar-refractivity contribution is -0.153. The summed E-state index contributed by atoms with van der Waals surface area (Å²) in [6.45, 7) is 4.81. The SMILES string of the molecule is COc1ccc(NC(=O)C(C)OC(=O)CC(NC(C)=O)c2ccc(C)cc2)cc1OC. The maximum atomic E-state index is 12.4. The Morgan fingerprint density at radius 3 is 2.19 bits per heavy atom. The smallest absolute Gasteiger partial charge is 0.309 e. The lowest BCUT2D eigenvalue weighted by atomic mass is 10.0. The molecule has 2 aromatic rings. The third kappa shape index (κ3) is 7.02. The van der Waals surface area contributed by atoms with E-state index in [2.05, 4.69) is 10.6 Å². The molecule has 31 heavy (non-hydrogen) atoms. The van der Waals surface area contributed by atoms with Gasteiger partial charge in [-0.2, -0.15) is 0 Å². The van der Waals surface area contributed by atoms with Gasteiger partial charge in [-0.15, -0.1) is 0 Å². The summed E-state index contributed by atoms with van der Waals surface area (Å²) in [6, 6.07) is 11.8. The highest BCUT2D eigenvalue weighted by Crippen LogP contribution is 2.29. The average Bonchev–Trinajstić information content (AvgIpc) is 2.73. The van der Waals surface area contributed by atoms with E-state index < -0.39 is 24.0 Å². The maximum Gasteiger partial charge on any atom is 0.309 e. The van der Waals surface area contributed by atoms with Crippen molar-refractivity contribution < 1.29 is 28.6 Å². The molecule has 2 atom stereocenters. The van der Waals surface area contributed by atoms with Crippen molar-refractivity contribution in [2.24, 2.45) is 0 Å². The van der Waals surface area contributed by atoms with E-state index in [4.69, 9.17) is 14.2 Å². The van der Waals surface area contributed by atoms with E-state index in [0.29, 0.717) is 17.2 Å². The summed E-state index contributed by atoms with van der Waals surface area (Å²) < 4.78 is 15.7. The molecule has 2 aromatic carbocycles. The first-order valence-corrected chi connectivity index (χ1v) is 9.79. The van der Waals surface area contributed by atoms with Crippen molar-refractivity contribution in [3.8, 4) is 11.5 Å². The van der Waals surface area contributed by atoms with Crippen LogP contribution in [0.1, 0.15) is 37.4 Å². The Morgan fingerprint density at radius 2 is 1.61 bits per heavy atom. The lowest BCUT2D eigenvalue weighted by Crippen LogP contribution is -2.33. The van der Waals surface area contributed by atoms with E-state index in [1.54, 1.807) is 18.2 Å². The van der Waals surface area contributed by atoms with Crippen molar-refractivity contribution in [3.05, 3.63) is 53.6 Å². The molecule has 0 radical (unpaired) electrons. The summed E-state index contributed by atoms with van der Waals surface area (Å²) in [5.41, 5.74) is 2.31. The molecule has 0 aliphatic carbocycles. The van der Waals surface area contributed by atoms with Crippen LogP contribution in [0.25, 0.3) is 0 Å². The van der Waals surface area contributed by atoms with Crippen LogP contribution in [0.4, 0.5) is 5.69 Å². The van der Waals surface area contributed by atoms with Gasteiger partial charge in [0.05, 0.1) is 26.7 Å². The number of aryl methyl sites for hydroxylation is 1. The van der Waals surface area contributed by atoms with E-state index in [1.165, 1.54) is 28.1 Å². The van der Waals surface area contributed by atoms with Crippen molar-refractivity contribution in [1.29, 1.82) is 0 Å². The molecule has 0 saturated heterocycles. The number of amides is 2. The Bertz CT molecular complexity index is 926. The molecule has 0 saturated carbocycles. The van der Waals surface area contributed by atoms with Gasteiger partial charge in [0.15, 0.2) is 17.6 Å². The van der Waals surface area contributed by atoms with E-state index in [9.17, 15) is 14.4 Å². The average molecular weight is 428 g/mol. The number of carbonyl (C=O) groups is 3. The Kier molecular flexibility index (Phi) is 8.43.